The van der Waals surface area contributed by atoms with E-state index in [1.165, 1.54) is 25.7 Å². The first-order valence-electron chi connectivity index (χ1n) is 7.20. The maximum absolute atomic E-state index is 12.1. The van der Waals surface area contributed by atoms with Crippen molar-refractivity contribution in [1.29, 1.82) is 0 Å². The number of nitrogens with one attached hydrogen (secondary N) is 1. The Balaban J connectivity index is 1.49. The smallest absolute Gasteiger partial charge is 0.306 e. The fraction of sp³-hybridized carbons (Fsp3) is 0.857. The second kappa shape index (κ2) is 4.56. The van der Waals surface area contributed by atoms with Gasteiger partial charge in [0.25, 0.3) is 0 Å². The molecule has 0 heterocycles. The van der Waals surface area contributed by atoms with Crippen LogP contribution in [-0.2, 0) is 9.59 Å². The second-order valence-electron chi connectivity index (χ2n) is 6.19. The normalized spacial score (nSPS) is 42.1. The molecule has 100 valence electrons. The number of carbonyl (C=O) groups excluding carboxylic acids is 1. The zero-order chi connectivity index (χ0) is 12.7. The number of fused-ring (bicyclic) bond motifs is 1. The van der Waals surface area contributed by atoms with E-state index < -0.39 is 5.97 Å². The van der Waals surface area contributed by atoms with Crippen LogP contribution in [0, 0.1) is 23.7 Å². The number of rotatable bonds is 3. The van der Waals surface area contributed by atoms with E-state index in [0.717, 1.165) is 6.42 Å². The predicted octanol–water partition coefficient (Wildman–Crippen LogP) is 1.79. The van der Waals surface area contributed by atoms with E-state index in [2.05, 4.69) is 5.32 Å². The van der Waals surface area contributed by atoms with Crippen LogP contribution in [0.4, 0.5) is 0 Å². The van der Waals surface area contributed by atoms with Crippen molar-refractivity contribution in [2.75, 3.05) is 0 Å². The first kappa shape index (κ1) is 12.0. The first-order chi connectivity index (χ1) is 8.66. The summed E-state index contributed by atoms with van der Waals surface area (Å²) in [5.41, 5.74) is 0. The average Bonchev–Trinajstić information content (AvgIpc) is 2.90. The molecular weight excluding hydrogens is 230 g/mol. The molecule has 18 heavy (non-hydrogen) atoms. The van der Waals surface area contributed by atoms with E-state index in [4.69, 9.17) is 5.11 Å². The molecule has 3 saturated carbocycles. The topological polar surface area (TPSA) is 66.4 Å². The van der Waals surface area contributed by atoms with Gasteiger partial charge in [-0.3, -0.25) is 9.59 Å². The van der Waals surface area contributed by atoms with Gasteiger partial charge in [-0.2, -0.15) is 0 Å². The lowest BCUT2D eigenvalue weighted by molar-refractivity contribution is -0.141. The van der Waals surface area contributed by atoms with Crippen LogP contribution in [0.2, 0.25) is 0 Å². The SMILES string of the molecule is O=C(O)C1CCC(NC(=O)C2C3CCCCC32)C1. The molecule has 0 aliphatic heterocycles. The Kier molecular flexibility index (Phi) is 3.04. The standard InChI is InChI=1S/C14H21NO3/c16-13(12-10-3-1-2-4-11(10)12)15-9-6-5-8(7-9)14(17)18/h8-12H,1-7H2,(H,15,16)(H,17,18). The summed E-state index contributed by atoms with van der Waals surface area (Å²) in [7, 11) is 0. The van der Waals surface area contributed by atoms with Crippen molar-refractivity contribution in [3.63, 3.8) is 0 Å². The molecule has 0 radical (unpaired) electrons. The number of carbonyl (C=O) groups is 2. The summed E-state index contributed by atoms with van der Waals surface area (Å²) < 4.78 is 0. The Hall–Kier alpha value is -1.06. The van der Waals surface area contributed by atoms with Crippen LogP contribution in [0.25, 0.3) is 0 Å². The fourth-order valence-corrected chi connectivity index (χ4v) is 4.02. The lowest BCUT2D eigenvalue weighted by atomic mass is 10.0. The number of amides is 1. The van der Waals surface area contributed by atoms with Crippen molar-refractivity contribution in [1.82, 2.24) is 5.32 Å². The summed E-state index contributed by atoms with van der Waals surface area (Å²) in [5.74, 6) is 0.744. The third-order valence-corrected chi connectivity index (χ3v) is 5.09. The molecule has 1 amide bonds. The highest BCUT2D eigenvalue weighted by Gasteiger charge is 2.55. The zero-order valence-electron chi connectivity index (χ0n) is 10.6. The number of carboxylic acid groups (broad SMARTS) is 1. The molecule has 0 aromatic carbocycles. The van der Waals surface area contributed by atoms with Crippen molar-refractivity contribution in [2.45, 2.75) is 51.0 Å². The minimum Gasteiger partial charge on any atom is -0.481 e. The van der Waals surface area contributed by atoms with E-state index in [1.54, 1.807) is 0 Å². The van der Waals surface area contributed by atoms with Gasteiger partial charge in [0.15, 0.2) is 0 Å². The third-order valence-electron chi connectivity index (χ3n) is 5.09. The van der Waals surface area contributed by atoms with Gasteiger partial charge in [-0.25, -0.2) is 0 Å². The molecule has 0 aromatic rings. The van der Waals surface area contributed by atoms with E-state index >= 15 is 0 Å². The van der Waals surface area contributed by atoms with Crippen molar-refractivity contribution in [3.8, 4) is 0 Å². The summed E-state index contributed by atoms with van der Waals surface area (Å²) in [4.78, 5) is 23.0. The van der Waals surface area contributed by atoms with E-state index in [0.29, 0.717) is 24.7 Å². The van der Waals surface area contributed by atoms with Crippen LogP contribution in [-0.4, -0.2) is 23.0 Å². The number of carboxylic acids is 1. The van der Waals surface area contributed by atoms with Crippen molar-refractivity contribution in [3.05, 3.63) is 0 Å². The van der Waals surface area contributed by atoms with Gasteiger partial charge in [0, 0.05) is 12.0 Å². The van der Waals surface area contributed by atoms with Crippen molar-refractivity contribution in [2.24, 2.45) is 23.7 Å². The zero-order valence-corrected chi connectivity index (χ0v) is 10.6. The Bertz CT molecular complexity index is 356. The average molecular weight is 251 g/mol. The minimum absolute atomic E-state index is 0.0984. The Labute approximate surface area is 107 Å². The van der Waals surface area contributed by atoms with E-state index in [1.807, 2.05) is 0 Å². The monoisotopic (exact) mass is 251 g/mol. The Morgan fingerprint density at radius 2 is 1.67 bits per heavy atom. The first-order valence-corrected chi connectivity index (χ1v) is 7.20. The van der Waals surface area contributed by atoms with Gasteiger partial charge in [-0.1, -0.05) is 12.8 Å². The van der Waals surface area contributed by atoms with Gasteiger partial charge in [0.05, 0.1) is 5.92 Å². The van der Waals surface area contributed by atoms with Crippen molar-refractivity contribution >= 4 is 11.9 Å². The molecule has 0 spiro atoms. The van der Waals surface area contributed by atoms with Gasteiger partial charge in [-0.15, -0.1) is 0 Å². The quantitative estimate of drug-likeness (QED) is 0.803. The summed E-state index contributed by atoms with van der Waals surface area (Å²) in [6.07, 6.45) is 7.12. The molecule has 3 fully saturated rings. The largest absolute Gasteiger partial charge is 0.481 e. The molecule has 3 aliphatic rings. The minimum atomic E-state index is -0.716. The van der Waals surface area contributed by atoms with Crippen LogP contribution >= 0.6 is 0 Å². The predicted molar refractivity (Wildman–Crippen MR) is 65.8 cm³/mol. The number of hydrogen-bond acceptors (Lipinski definition) is 2. The Morgan fingerprint density at radius 3 is 2.22 bits per heavy atom. The highest BCUT2D eigenvalue weighted by atomic mass is 16.4. The summed E-state index contributed by atoms with van der Waals surface area (Å²) in [5, 5.41) is 12.0. The van der Waals surface area contributed by atoms with Crippen molar-refractivity contribution < 1.29 is 14.7 Å². The van der Waals surface area contributed by atoms with Crippen LogP contribution in [0.3, 0.4) is 0 Å². The molecule has 0 saturated heterocycles. The summed E-state index contributed by atoms with van der Waals surface area (Å²) in [6, 6.07) is 0.0984. The highest BCUT2D eigenvalue weighted by Crippen LogP contribution is 2.55. The highest BCUT2D eigenvalue weighted by molar-refractivity contribution is 5.82. The molecule has 0 aromatic heterocycles. The molecule has 4 heteroatoms. The lowest BCUT2D eigenvalue weighted by Gasteiger charge is -2.12. The van der Waals surface area contributed by atoms with E-state index in [9.17, 15) is 9.59 Å². The maximum atomic E-state index is 12.1. The Morgan fingerprint density at radius 1 is 1.00 bits per heavy atom. The van der Waals surface area contributed by atoms with Gasteiger partial charge in [-0.05, 0) is 43.9 Å². The molecule has 4 atom stereocenters. The molecule has 0 bridgehead atoms. The van der Waals surface area contributed by atoms with Gasteiger partial charge in [0.1, 0.15) is 0 Å². The molecule has 2 N–H and O–H groups in total. The third kappa shape index (κ3) is 2.13. The van der Waals surface area contributed by atoms with Crippen LogP contribution < -0.4 is 5.32 Å². The summed E-state index contributed by atoms with van der Waals surface area (Å²) >= 11 is 0. The molecule has 3 rings (SSSR count). The fourth-order valence-electron chi connectivity index (χ4n) is 4.02. The van der Waals surface area contributed by atoms with Crippen LogP contribution in [0.1, 0.15) is 44.9 Å². The molecular formula is C14H21NO3. The summed E-state index contributed by atoms with van der Waals surface area (Å²) in [6.45, 7) is 0. The number of aliphatic carboxylic acids is 1. The molecule has 4 unspecified atom stereocenters. The van der Waals surface area contributed by atoms with Crippen LogP contribution in [0.5, 0.6) is 0 Å². The van der Waals surface area contributed by atoms with Gasteiger partial charge < -0.3 is 10.4 Å². The maximum Gasteiger partial charge on any atom is 0.306 e. The van der Waals surface area contributed by atoms with Gasteiger partial charge in [0.2, 0.25) is 5.91 Å². The van der Waals surface area contributed by atoms with Crippen LogP contribution in [0.15, 0.2) is 0 Å². The van der Waals surface area contributed by atoms with Gasteiger partial charge >= 0.3 is 5.97 Å². The molecule has 3 aliphatic carbocycles. The second-order valence-corrected chi connectivity index (χ2v) is 6.19. The molecule has 4 nitrogen and oxygen atoms in total. The van der Waals surface area contributed by atoms with E-state index in [-0.39, 0.29) is 23.8 Å². The number of hydrogen-bond donors (Lipinski definition) is 2. The lowest BCUT2D eigenvalue weighted by Crippen LogP contribution is -2.35.